The minimum Gasteiger partial charge on any atom is -0.491 e. The predicted octanol–water partition coefficient (Wildman–Crippen LogP) is 0.940. The van der Waals surface area contributed by atoms with Crippen LogP contribution in [0.25, 0.3) is 0 Å². The monoisotopic (exact) mass is 261 g/mol. The zero-order chi connectivity index (χ0) is 13.4. The van der Waals surface area contributed by atoms with Crippen molar-refractivity contribution < 1.29 is 23.4 Å². The summed E-state index contributed by atoms with van der Waals surface area (Å²) in [7, 11) is 1.58. The van der Waals surface area contributed by atoms with Gasteiger partial charge in [0, 0.05) is 38.4 Å². The second kappa shape index (κ2) is 7.97. The first-order valence-corrected chi connectivity index (χ1v) is 5.58. The van der Waals surface area contributed by atoms with Gasteiger partial charge in [0.1, 0.15) is 30.1 Å². The van der Waals surface area contributed by atoms with Crippen LogP contribution in [0.4, 0.5) is 8.78 Å². The van der Waals surface area contributed by atoms with Gasteiger partial charge in [0.15, 0.2) is 0 Å². The van der Waals surface area contributed by atoms with Gasteiger partial charge in [-0.2, -0.15) is 0 Å². The Balaban J connectivity index is 2.26. The van der Waals surface area contributed by atoms with Crippen molar-refractivity contribution >= 4 is 0 Å². The SMILES string of the molecule is COCCNCC(O)COc1cc(F)cc(F)c1. The molecule has 6 heteroatoms. The number of aliphatic hydroxyl groups is 1. The number of halogens is 2. The normalized spacial score (nSPS) is 12.4. The van der Waals surface area contributed by atoms with Crippen molar-refractivity contribution in [2.24, 2.45) is 0 Å². The molecule has 1 aromatic carbocycles. The average molecular weight is 261 g/mol. The maximum absolute atomic E-state index is 12.8. The second-order valence-electron chi connectivity index (χ2n) is 3.77. The fourth-order valence-corrected chi connectivity index (χ4v) is 1.31. The number of ether oxygens (including phenoxy) is 2. The first-order chi connectivity index (χ1) is 8.61. The van der Waals surface area contributed by atoms with Crippen molar-refractivity contribution in [3.63, 3.8) is 0 Å². The molecule has 0 aliphatic carbocycles. The highest BCUT2D eigenvalue weighted by molar-refractivity contribution is 5.23. The molecular weight excluding hydrogens is 244 g/mol. The minimum absolute atomic E-state index is 0.0388. The Kier molecular flexibility index (Phi) is 6.56. The third-order valence-corrected chi connectivity index (χ3v) is 2.14. The molecule has 2 N–H and O–H groups in total. The predicted molar refractivity (Wildman–Crippen MR) is 62.6 cm³/mol. The van der Waals surface area contributed by atoms with Gasteiger partial charge in [0.2, 0.25) is 0 Å². The van der Waals surface area contributed by atoms with Crippen LogP contribution in [-0.4, -0.2) is 44.6 Å². The molecule has 0 aromatic heterocycles. The number of benzene rings is 1. The number of nitrogens with one attached hydrogen (secondary N) is 1. The van der Waals surface area contributed by atoms with Crippen molar-refractivity contribution in [3.8, 4) is 5.75 Å². The number of aliphatic hydroxyl groups excluding tert-OH is 1. The average Bonchev–Trinajstić information content (AvgIpc) is 2.31. The Morgan fingerprint density at radius 2 is 1.94 bits per heavy atom. The van der Waals surface area contributed by atoms with Crippen LogP contribution in [0.15, 0.2) is 18.2 Å². The molecule has 0 spiro atoms. The third kappa shape index (κ3) is 5.90. The Morgan fingerprint density at radius 3 is 2.56 bits per heavy atom. The van der Waals surface area contributed by atoms with Crippen LogP contribution in [0.2, 0.25) is 0 Å². The molecule has 0 saturated heterocycles. The number of methoxy groups -OCH3 is 1. The Labute approximate surface area is 105 Å². The van der Waals surface area contributed by atoms with Crippen LogP contribution in [0.3, 0.4) is 0 Å². The molecule has 0 heterocycles. The molecule has 0 aliphatic rings. The minimum atomic E-state index is -0.756. The zero-order valence-corrected chi connectivity index (χ0v) is 10.2. The standard InChI is InChI=1S/C12H17F2NO3/c1-17-3-2-15-7-11(16)8-18-12-5-9(13)4-10(14)6-12/h4-6,11,15-16H,2-3,7-8H2,1H3. The zero-order valence-electron chi connectivity index (χ0n) is 10.2. The Hall–Kier alpha value is -1.24. The van der Waals surface area contributed by atoms with Gasteiger partial charge >= 0.3 is 0 Å². The van der Waals surface area contributed by atoms with E-state index >= 15 is 0 Å². The van der Waals surface area contributed by atoms with Crippen LogP contribution < -0.4 is 10.1 Å². The molecule has 18 heavy (non-hydrogen) atoms. The van der Waals surface area contributed by atoms with Crippen molar-refractivity contribution in [2.75, 3.05) is 33.4 Å². The van der Waals surface area contributed by atoms with E-state index in [1.165, 1.54) is 0 Å². The van der Waals surface area contributed by atoms with Gasteiger partial charge in [-0.15, -0.1) is 0 Å². The first kappa shape index (κ1) is 14.8. The summed E-state index contributed by atoms with van der Waals surface area (Å²) in [5, 5.41) is 12.5. The molecule has 1 aromatic rings. The number of hydrogen-bond donors (Lipinski definition) is 2. The van der Waals surface area contributed by atoms with E-state index in [0.717, 1.165) is 18.2 Å². The summed E-state index contributed by atoms with van der Waals surface area (Å²) >= 11 is 0. The molecule has 0 fully saturated rings. The van der Waals surface area contributed by atoms with Gasteiger partial charge in [-0.3, -0.25) is 0 Å². The van der Waals surface area contributed by atoms with E-state index in [1.54, 1.807) is 7.11 Å². The molecule has 1 rings (SSSR count). The summed E-state index contributed by atoms with van der Waals surface area (Å²) in [5.41, 5.74) is 0. The molecule has 0 amide bonds. The highest BCUT2D eigenvalue weighted by Gasteiger charge is 2.06. The summed E-state index contributed by atoms with van der Waals surface area (Å²) in [6.07, 6.45) is -0.756. The molecule has 1 atom stereocenters. The molecule has 0 aliphatic heterocycles. The lowest BCUT2D eigenvalue weighted by atomic mass is 10.3. The van der Waals surface area contributed by atoms with Crippen LogP contribution >= 0.6 is 0 Å². The van der Waals surface area contributed by atoms with E-state index in [4.69, 9.17) is 9.47 Å². The van der Waals surface area contributed by atoms with E-state index in [-0.39, 0.29) is 12.4 Å². The number of hydrogen-bond acceptors (Lipinski definition) is 4. The smallest absolute Gasteiger partial charge is 0.129 e. The highest BCUT2D eigenvalue weighted by Crippen LogP contribution is 2.15. The lowest BCUT2D eigenvalue weighted by Gasteiger charge is -2.13. The topological polar surface area (TPSA) is 50.7 Å². The van der Waals surface area contributed by atoms with Gasteiger partial charge in [0.05, 0.1) is 6.61 Å². The van der Waals surface area contributed by atoms with Crippen LogP contribution in [0.5, 0.6) is 5.75 Å². The maximum Gasteiger partial charge on any atom is 0.129 e. The molecule has 0 saturated carbocycles. The lowest BCUT2D eigenvalue weighted by molar-refractivity contribution is 0.103. The molecule has 102 valence electrons. The summed E-state index contributed by atoms with van der Waals surface area (Å²) in [4.78, 5) is 0. The summed E-state index contributed by atoms with van der Waals surface area (Å²) in [6, 6.07) is 2.89. The van der Waals surface area contributed by atoms with Crippen LogP contribution in [-0.2, 0) is 4.74 Å². The van der Waals surface area contributed by atoms with Gasteiger partial charge in [0.25, 0.3) is 0 Å². The molecule has 1 unspecified atom stereocenters. The maximum atomic E-state index is 12.8. The Morgan fingerprint density at radius 1 is 1.28 bits per heavy atom. The molecule has 4 nitrogen and oxygen atoms in total. The van der Waals surface area contributed by atoms with E-state index in [0.29, 0.717) is 19.7 Å². The first-order valence-electron chi connectivity index (χ1n) is 5.58. The lowest BCUT2D eigenvalue weighted by Crippen LogP contribution is -2.33. The largest absolute Gasteiger partial charge is 0.491 e. The van der Waals surface area contributed by atoms with Crippen molar-refractivity contribution in [1.29, 1.82) is 0 Å². The fourth-order valence-electron chi connectivity index (χ4n) is 1.31. The van der Waals surface area contributed by atoms with E-state index in [1.807, 2.05) is 0 Å². The molecule has 0 bridgehead atoms. The molecule has 0 radical (unpaired) electrons. The summed E-state index contributed by atoms with van der Waals surface area (Å²) in [5.74, 6) is -1.36. The molecular formula is C12H17F2NO3. The Bertz CT molecular complexity index is 343. The van der Waals surface area contributed by atoms with Crippen molar-refractivity contribution in [3.05, 3.63) is 29.8 Å². The van der Waals surface area contributed by atoms with Crippen LogP contribution in [0.1, 0.15) is 0 Å². The van der Waals surface area contributed by atoms with E-state index in [2.05, 4.69) is 5.32 Å². The third-order valence-electron chi connectivity index (χ3n) is 2.14. The van der Waals surface area contributed by atoms with Gasteiger partial charge in [-0.1, -0.05) is 0 Å². The van der Waals surface area contributed by atoms with Gasteiger partial charge in [-0.25, -0.2) is 8.78 Å². The van der Waals surface area contributed by atoms with E-state index in [9.17, 15) is 13.9 Å². The van der Waals surface area contributed by atoms with E-state index < -0.39 is 17.7 Å². The summed E-state index contributed by atoms with van der Waals surface area (Å²) in [6.45, 7) is 1.44. The fraction of sp³-hybridized carbons (Fsp3) is 0.500. The highest BCUT2D eigenvalue weighted by atomic mass is 19.1. The van der Waals surface area contributed by atoms with Crippen molar-refractivity contribution in [2.45, 2.75) is 6.10 Å². The van der Waals surface area contributed by atoms with Gasteiger partial charge in [-0.05, 0) is 0 Å². The number of rotatable bonds is 8. The van der Waals surface area contributed by atoms with Crippen LogP contribution in [0, 0.1) is 11.6 Å². The summed E-state index contributed by atoms with van der Waals surface area (Å²) < 4.78 is 35.6. The quantitative estimate of drug-likeness (QED) is 0.684. The van der Waals surface area contributed by atoms with Gasteiger partial charge < -0.3 is 19.9 Å². The second-order valence-corrected chi connectivity index (χ2v) is 3.77. The van der Waals surface area contributed by atoms with Crippen molar-refractivity contribution in [1.82, 2.24) is 5.32 Å².